The fourth-order valence-electron chi connectivity index (χ4n) is 3.98. The number of nitrogens with zero attached hydrogens (tertiary/aromatic N) is 5. The van der Waals surface area contributed by atoms with Crippen molar-refractivity contribution in [2.75, 3.05) is 96.4 Å². The Bertz CT molecular complexity index is 1230. The van der Waals surface area contributed by atoms with Gasteiger partial charge in [-0.1, -0.05) is 53.2 Å². The average molecular weight is 1020 g/mol. The molecule has 0 aromatic rings. The zero-order valence-corrected chi connectivity index (χ0v) is 54.8. The molecule has 0 rings (SSSR count). The molecule has 290 valence electrons. The summed E-state index contributed by atoms with van der Waals surface area (Å²) in [7, 11) is -38.3. The Morgan fingerprint density at radius 2 is 0.304 bits per heavy atom. The van der Waals surface area contributed by atoms with Gasteiger partial charge in [0, 0.05) is 96.4 Å². The molecule has 0 aliphatic carbocycles. The van der Waals surface area contributed by atoms with Gasteiger partial charge in [-0.05, 0) is 0 Å². The molecule has 0 aliphatic heterocycles. The molecular formula is C15H30N5Na8O21P7-6. The van der Waals surface area contributed by atoms with Gasteiger partial charge in [0.15, 0.2) is 0 Å². The molecule has 26 nitrogen and oxygen atoms in total. The largest absolute Gasteiger partial charge is 1.00 e. The normalized spacial score (nSPS) is 12.6. The molecule has 0 aliphatic rings. The first kappa shape index (κ1) is 84.8. The van der Waals surface area contributed by atoms with Gasteiger partial charge in [0.2, 0.25) is 0 Å². The molecule has 41 heteroatoms. The van der Waals surface area contributed by atoms with Crippen molar-refractivity contribution < 1.29 is 337 Å². The van der Waals surface area contributed by atoms with Crippen LogP contribution < -0.4 is 305 Å². The second-order valence-corrected chi connectivity index (χ2v) is 20.9. The second-order valence-electron chi connectivity index (χ2n) is 10.4. The van der Waals surface area contributed by atoms with Crippen molar-refractivity contribution >= 4 is 53.2 Å². The van der Waals surface area contributed by atoms with Crippen LogP contribution in [0.1, 0.15) is 0 Å². The molecule has 0 unspecified atom stereocenters. The van der Waals surface area contributed by atoms with Gasteiger partial charge in [0.25, 0.3) is 0 Å². The Kier molecular flexibility index (Phi) is 58.4. The molecule has 0 saturated carbocycles. The van der Waals surface area contributed by atoms with Crippen LogP contribution in [0.4, 0.5) is 0 Å². The molecule has 0 saturated heterocycles. The first-order valence-corrected chi connectivity index (χ1v) is 24.9. The maximum absolute atomic E-state index is 11.5. The van der Waals surface area contributed by atoms with Crippen LogP contribution in [0.15, 0.2) is 0 Å². The molecule has 0 spiro atoms. The van der Waals surface area contributed by atoms with E-state index < -0.39 is 150 Å². The summed E-state index contributed by atoms with van der Waals surface area (Å²) in [6.07, 6.45) is -10.1. The van der Waals surface area contributed by atoms with E-state index in [1.54, 1.807) is 0 Å². The van der Waals surface area contributed by atoms with Crippen LogP contribution >= 0.6 is 53.2 Å². The van der Waals surface area contributed by atoms with Gasteiger partial charge in [0.05, 0.1) is 0 Å². The second kappa shape index (κ2) is 38.6. The summed E-state index contributed by atoms with van der Waals surface area (Å²) in [6, 6.07) is 0. The third-order valence-corrected chi connectivity index (χ3v) is 10.8. The molecular weight excluding hydrogens is 987 g/mol. The van der Waals surface area contributed by atoms with Crippen LogP contribution in [-0.2, 0) is 32.0 Å². The number of hydrogen-bond donors (Lipinski definition) is 0. The van der Waals surface area contributed by atoms with Crippen LogP contribution in [0.2, 0.25) is 0 Å². The molecule has 0 aromatic heterocycles. The first-order valence-electron chi connectivity index (χ1n) is 12.8. The molecule has 0 aromatic carbocycles. The van der Waals surface area contributed by atoms with Crippen LogP contribution in [0.5, 0.6) is 0 Å². The van der Waals surface area contributed by atoms with Crippen molar-refractivity contribution in [3.8, 4) is 0 Å². The van der Waals surface area contributed by atoms with Crippen LogP contribution in [-0.4, -0.2) is 121 Å². The summed E-state index contributed by atoms with van der Waals surface area (Å²) in [4.78, 5) is 160. The van der Waals surface area contributed by atoms with Crippen molar-refractivity contribution in [1.82, 2.24) is 24.5 Å². The summed E-state index contributed by atoms with van der Waals surface area (Å²) < 4.78 is 78.8. The Morgan fingerprint density at radius 1 is 0.214 bits per heavy atom. The predicted octanol–water partition coefficient (Wildman–Crippen LogP) is -36.4. The zero-order chi connectivity index (χ0) is 38.0. The summed E-state index contributed by atoms with van der Waals surface area (Å²) >= 11 is 0. The summed E-state index contributed by atoms with van der Waals surface area (Å²) in [6.45, 7) is -5.71. The van der Waals surface area contributed by atoms with E-state index in [1.165, 1.54) is 0 Å². The van der Waals surface area contributed by atoms with Gasteiger partial charge in [-0.25, -0.2) is 0 Å². The zero-order valence-electron chi connectivity index (χ0n) is 32.5. The molecule has 0 fully saturated rings. The fraction of sp³-hybridized carbons (Fsp3) is 1.00. The van der Waals surface area contributed by atoms with Gasteiger partial charge in [-0.3, -0.25) is 24.5 Å². The SMILES string of the molecule is O=P([O-])([O-])CN(CCN(CCN(CP(=O)([O-])[O-])CP(=O)([O-])[O-])CP(=O)([O-])[O-])CCN(CCN(CP(=O)([O-])[O-])CP(=O)([O-])[O-])CP(=O)([O-])[O-].[Na+].[Na+].[Na+].[Na+].[Na+].[Na+].[Na+].[Na+]. The van der Waals surface area contributed by atoms with E-state index in [9.17, 15) is 100 Å². The molecule has 0 radical (unpaired) electrons. The molecule has 0 bridgehead atoms. The van der Waals surface area contributed by atoms with Gasteiger partial charge >= 0.3 is 236 Å². The molecule has 0 N–H and O–H groups in total. The van der Waals surface area contributed by atoms with Gasteiger partial charge < -0.3 is 100 Å². The van der Waals surface area contributed by atoms with E-state index in [2.05, 4.69) is 0 Å². The third kappa shape index (κ3) is 59.0. The van der Waals surface area contributed by atoms with Gasteiger partial charge in [-0.2, -0.15) is 0 Å². The van der Waals surface area contributed by atoms with Crippen molar-refractivity contribution in [1.29, 1.82) is 0 Å². The van der Waals surface area contributed by atoms with E-state index in [0.717, 1.165) is 4.90 Å². The molecule has 0 atom stereocenters. The summed E-state index contributed by atoms with van der Waals surface area (Å²) in [5, 5.41) is 0. The van der Waals surface area contributed by atoms with Crippen molar-refractivity contribution in [3.05, 3.63) is 0 Å². The summed E-state index contributed by atoms with van der Waals surface area (Å²) in [5.74, 6) is 0. The van der Waals surface area contributed by atoms with Crippen LogP contribution in [0, 0.1) is 0 Å². The van der Waals surface area contributed by atoms with E-state index in [1.807, 2.05) is 0 Å². The molecule has 56 heavy (non-hydrogen) atoms. The monoisotopic (exact) mass is 1020 g/mol. The Balaban J connectivity index is -0.000000394. The standard InChI is InChI=1S/C15H44N5O21P7.8Na/c21-42(22,23)9-16(1-3-17(10-43(24,25)26)5-7-19(12-45(30,31)32)13-46(33,34)35)2-4-18(11-44(27,28)29)6-8-20(14-47(36,37)38)15-48(39,40)41;;;;;;;;/h1-15H2,(H2,21,22,23)(H2,24,25,26)(H2,27,28,29)(H2,30,31,32)(H2,33,34,35)(H2,36,37,38)(H2,39,40,41);;;;;;;;/q;8*+1/p-14. The maximum Gasteiger partial charge on any atom is 1.00 e. The smallest absolute Gasteiger partial charge is 0.810 e. The Hall–Kier alpha value is 8.85. The number of hydrogen-bond acceptors (Lipinski definition) is 26. The molecule has 0 amide bonds. The Labute approximate surface area is 501 Å². The average Bonchev–Trinajstić information content (AvgIpc) is 2.75. The minimum absolute atomic E-state index is 0. The van der Waals surface area contributed by atoms with Crippen LogP contribution in [0.3, 0.4) is 0 Å². The van der Waals surface area contributed by atoms with E-state index in [-0.39, 0.29) is 236 Å². The van der Waals surface area contributed by atoms with E-state index in [0.29, 0.717) is 19.6 Å². The Morgan fingerprint density at radius 3 is 0.411 bits per heavy atom. The first-order chi connectivity index (χ1) is 21.1. The van der Waals surface area contributed by atoms with E-state index in [4.69, 9.17) is 0 Å². The topological polar surface area (TPSA) is 459 Å². The number of rotatable bonds is 26. The fourth-order valence-corrected chi connectivity index (χ4v) is 9.54. The molecule has 0 heterocycles. The van der Waals surface area contributed by atoms with E-state index >= 15 is 0 Å². The van der Waals surface area contributed by atoms with Crippen molar-refractivity contribution in [2.24, 2.45) is 0 Å². The minimum Gasteiger partial charge on any atom is -0.810 e. The predicted molar refractivity (Wildman–Crippen MR) is 135 cm³/mol. The quantitative estimate of drug-likeness (QED) is 0.0573. The van der Waals surface area contributed by atoms with Crippen LogP contribution in [0.25, 0.3) is 0 Å². The van der Waals surface area contributed by atoms with Gasteiger partial charge in [-0.15, -0.1) is 0 Å². The van der Waals surface area contributed by atoms with Crippen molar-refractivity contribution in [3.63, 3.8) is 0 Å². The maximum atomic E-state index is 11.5. The third-order valence-electron chi connectivity index (χ3n) is 5.54. The summed E-state index contributed by atoms with van der Waals surface area (Å²) in [5.41, 5.74) is 0. The minimum atomic E-state index is -5.47. The van der Waals surface area contributed by atoms with Gasteiger partial charge in [0.1, 0.15) is 0 Å². The van der Waals surface area contributed by atoms with Crippen molar-refractivity contribution in [2.45, 2.75) is 0 Å².